The van der Waals surface area contributed by atoms with Crippen LogP contribution in [-0.2, 0) is 0 Å². The molecule has 0 amide bonds. The van der Waals surface area contributed by atoms with E-state index >= 15 is 0 Å². The minimum absolute atomic E-state index is 0.223. The van der Waals surface area contributed by atoms with E-state index in [-0.39, 0.29) is 11.4 Å². The van der Waals surface area contributed by atoms with Gasteiger partial charge in [-0.25, -0.2) is 4.39 Å². The second kappa shape index (κ2) is 4.70. The number of halogens is 1. The van der Waals surface area contributed by atoms with E-state index in [1.54, 1.807) is 13.8 Å². The fraction of sp³-hybridized carbons (Fsp3) is 0.444. The Kier molecular flexibility index (Phi) is 4.26. The average Bonchev–Trinajstić information content (AvgIpc) is 2.12. The molecule has 0 unspecified atom stereocenters. The van der Waals surface area contributed by atoms with Crippen LogP contribution in [-0.4, -0.2) is 4.98 Å². The molecule has 0 saturated carbocycles. The lowest BCUT2D eigenvalue weighted by Gasteiger charge is -1.97. The van der Waals surface area contributed by atoms with E-state index in [1.807, 2.05) is 13.8 Å². The molecule has 1 rings (SSSR count). The molecular weight excluding hydrogens is 157 g/mol. The molecule has 0 fully saturated rings. The van der Waals surface area contributed by atoms with E-state index in [0.717, 1.165) is 6.20 Å². The molecule has 0 bridgehead atoms. The number of nitrogens with one attached hydrogen (secondary N) is 1. The van der Waals surface area contributed by atoms with Crippen molar-refractivity contribution in [3.63, 3.8) is 0 Å². The Bertz CT molecular complexity index is 304. The molecule has 2 nitrogen and oxygen atoms in total. The van der Waals surface area contributed by atoms with Crippen LogP contribution in [0.3, 0.4) is 0 Å². The van der Waals surface area contributed by atoms with Crippen LogP contribution < -0.4 is 5.56 Å². The van der Waals surface area contributed by atoms with Crippen molar-refractivity contribution in [3.8, 4) is 0 Å². The minimum Gasteiger partial charge on any atom is -0.326 e. The average molecular weight is 171 g/mol. The van der Waals surface area contributed by atoms with Crippen molar-refractivity contribution in [1.29, 1.82) is 0 Å². The van der Waals surface area contributed by atoms with Crippen molar-refractivity contribution in [3.05, 3.63) is 33.5 Å². The van der Waals surface area contributed by atoms with Gasteiger partial charge in [0, 0.05) is 11.8 Å². The van der Waals surface area contributed by atoms with Gasteiger partial charge in [0.15, 0.2) is 0 Å². The molecule has 0 spiro atoms. The second-order valence-electron chi connectivity index (χ2n) is 2.22. The molecule has 0 radical (unpaired) electrons. The highest BCUT2D eigenvalue weighted by Gasteiger charge is 2.01. The van der Waals surface area contributed by atoms with Crippen LogP contribution in [0, 0.1) is 19.7 Å². The molecule has 1 heterocycles. The first kappa shape index (κ1) is 10.9. The fourth-order valence-electron chi connectivity index (χ4n) is 0.695. The zero-order valence-corrected chi connectivity index (χ0v) is 7.86. The van der Waals surface area contributed by atoms with Crippen LogP contribution in [0.4, 0.5) is 4.39 Å². The molecule has 1 aromatic heterocycles. The molecule has 12 heavy (non-hydrogen) atoms. The van der Waals surface area contributed by atoms with E-state index in [4.69, 9.17) is 0 Å². The van der Waals surface area contributed by atoms with Crippen molar-refractivity contribution in [2.24, 2.45) is 0 Å². The number of rotatable bonds is 0. The predicted molar refractivity (Wildman–Crippen MR) is 47.8 cm³/mol. The molecule has 0 aliphatic carbocycles. The molecule has 0 aliphatic rings. The number of hydrogen-bond donors (Lipinski definition) is 1. The predicted octanol–water partition coefficient (Wildman–Crippen LogP) is 2.16. The first-order valence-electron chi connectivity index (χ1n) is 3.97. The largest absolute Gasteiger partial charge is 0.326 e. The number of pyridine rings is 1. The van der Waals surface area contributed by atoms with E-state index in [9.17, 15) is 9.18 Å². The summed E-state index contributed by atoms with van der Waals surface area (Å²) in [5, 5.41) is 0. The minimum atomic E-state index is -0.364. The summed E-state index contributed by atoms with van der Waals surface area (Å²) in [6.45, 7) is 7.18. The summed E-state index contributed by atoms with van der Waals surface area (Å²) in [7, 11) is 0. The van der Waals surface area contributed by atoms with Crippen molar-refractivity contribution in [2.75, 3.05) is 0 Å². The summed E-state index contributed by atoms with van der Waals surface area (Å²) in [4.78, 5) is 13.0. The monoisotopic (exact) mass is 171 g/mol. The van der Waals surface area contributed by atoms with Gasteiger partial charge in [-0.3, -0.25) is 4.79 Å². The zero-order valence-electron chi connectivity index (χ0n) is 7.86. The molecule has 3 heteroatoms. The first-order valence-corrected chi connectivity index (χ1v) is 3.97. The van der Waals surface area contributed by atoms with Gasteiger partial charge in [0.1, 0.15) is 5.82 Å². The summed E-state index contributed by atoms with van der Waals surface area (Å²) in [5.41, 5.74) is 0.641. The summed E-state index contributed by atoms with van der Waals surface area (Å²) in [6, 6.07) is 0. The van der Waals surface area contributed by atoms with Crippen LogP contribution in [0.2, 0.25) is 0 Å². The van der Waals surface area contributed by atoms with Crippen LogP contribution in [0.5, 0.6) is 0 Å². The number of aromatic amines is 1. The molecule has 0 saturated heterocycles. The summed E-state index contributed by atoms with van der Waals surface area (Å²) in [5.74, 6) is -0.364. The Labute approximate surface area is 71.4 Å². The van der Waals surface area contributed by atoms with Crippen LogP contribution in [0.25, 0.3) is 0 Å². The highest BCUT2D eigenvalue weighted by molar-refractivity contribution is 5.21. The van der Waals surface area contributed by atoms with E-state index in [2.05, 4.69) is 4.98 Å². The van der Waals surface area contributed by atoms with Gasteiger partial charge in [0.25, 0.3) is 5.56 Å². The lowest BCUT2D eigenvalue weighted by Crippen LogP contribution is -2.11. The maximum absolute atomic E-state index is 12.6. The summed E-state index contributed by atoms with van der Waals surface area (Å²) in [6.07, 6.45) is 1.07. The van der Waals surface area contributed by atoms with Crippen molar-refractivity contribution in [2.45, 2.75) is 27.7 Å². The third-order valence-corrected chi connectivity index (χ3v) is 1.59. The lowest BCUT2D eigenvalue weighted by atomic mass is 10.2. The van der Waals surface area contributed by atoms with Crippen molar-refractivity contribution >= 4 is 0 Å². The van der Waals surface area contributed by atoms with E-state index in [1.165, 1.54) is 0 Å². The second-order valence-corrected chi connectivity index (χ2v) is 2.22. The third-order valence-electron chi connectivity index (χ3n) is 1.59. The van der Waals surface area contributed by atoms with Gasteiger partial charge in [-0.05, 0) is 19.4 Å². The van der Waals surface area contributed by atoms with Gasteiger partial charge in [0.2, 0.25) is 0 Å². The van der Waals surface area contributed by atoms with Gasteiger partial charge < -0.3 is 4.98 Å². The highest BCUT2D eigenvalue weighted by Crippen LogP contribution is 2.03. The van der Waals surface area contributed by atoms with Gasteiger partial charge in [-0.2, -0.15) is 0 Å². The van der Waals surface area contributed by atoms with Crippen molar-refractivity contribution < 1.29 is 4.39 Å². The molecule has 0 aliphatic heterocycles. The topological polar surface area (TPSA) is 32.9 Å². The molecular formula is C9H14FNO. The standard InChI is InChI=1S/C7H8FNO.C2H6/c1-4-5(2)7(10)9-3-6(4)8;1-2/h3H,1-2H3,(H,9,10);1-2H3. The van der Waals surface area contributed by atoms with Crippen LogP contribution in [0.15, 0.2) is 11.0 Å². The Morgan fingerprint density at radius 2 is 1.75 bits per heavy atom. The quantitative estimate of drug-likeness (QED) is 0.637. The Morgan fingerprint density at radius 3 is 2.17 bits per heavy atom. The number of H-pyrrole nitrogens is 1. The number of hydrogen-bond acceptors (Lipinski definition) is 1. The van der Waals surface area contributed by atoms with Gasteiger partial charge >= 0.3 is 0 Å². The van der Waals surface area contributed by atoms with Gasteiger partial charge in [0.05, 0.1) is 0 Å². The van der Waals surface area contributed by atoms with Crippen molar-refractivity contribution in [1.82, 2.24) is 4.98 Å². The zero-order chi connectivity index (χ0) is 9.72. The van der Waals surface area contributed by atoms with Gasteiger partial charge in [-0.15, -0.1) is 0 Å². The summed E-state index contributed by atoms with van der Waals surface area (Å²) < 4.78 is 12.6. The highest BCUT2D eigenvalue weighted by atomic mass is 19.1. The van der Waals surface area contributed by atoms with Crippen LogP contribution >= 0.6 is 0 Å². The fourth-order valence-corrected chi connectivity index (χ4v) is 0.695. The molecule has 1 aromatic rings. The van der Waals surface area contributed by atoms with E-state index in [0.29, 0.717) is 11.1 Å². The summed E-state index contributed by atoms with van der Waals surface area (Å²) >= 11 is 0. The lowest BCUT2D eigenvalue weighted by molar-refractivity contribution is 0.608. The maximum atomic E-state index is 12.6. The Hall–Kier alpha value is -1.12. The molecule has 0 aromatic carbocycles. The Morgan fingerprint density at radius 1 is 1.25 bits per heavy atom. The Balaban J connectivity index is 0.000000561. The smallest absolute Gasteiger partial charge is 0.251 e. The van der Waals surface area contributed by atoms with Crippen LogP contribution in [0.1, 0.15) is 25.0 Å². The van der Waals surface area contributed by atoms with Gasteiger partial charge in [-0.1, -0.05) is 13.8 Å². The molecule has 1 N–H and O–H groups in total. The molecule has 0 atom stereocenters. The SMILES string of the molecule is CC.Cc1c(F)c[nH]c(=O)c1C. The maximum Gasteiger partial charge on any atom is 0.251 e. The third kappa shape index (κ3) is 2.19. The first-order chi connectivity index (χ1) is 5.63. The normalized spacial score (nSPS) is 8.75. The molecule has 68 valence electrons. The van der Waals surface area contributed by atoms with E-state index < -0.39 is 0 Å². The number of aromatic nitrogens is 1.